The molecule has 1 unspecified atom stereocenters. The summed E-state index contributed by atoms with van der Waals surface area (Å²) < 4.78 is 0. The summed E-state index contributed by atoms with van der Waals surface area (Å²) in [5, 5.41) is 9.96. The Balaban J connectivity index is 0. The molecule has 1 N–H and O–H groups in total. The number of nitrogens with zero attached hydrogens (tertiary/aromatic N) is 1. The average molecular weight is 332 g/mol. The second-order valence-electron chi connectivity index (χ2n) is 2.94. The molecule has 0 aromatic carbocycles. The van der Waals surface area contributed by atoms with Gasteiger partial charge in [-0.2, -0.15) is 0 Å². The molecule has 81 valence electrons. The van der Waals surface area contributed by atoms with E-state index in [1.807, 2.05) is 13.8 Å². The molecule has 0 saturated heterocycles. The predicted molar refractivity (Wildman–Crippen MR) is 49.2 cm³/mol. The van der Waals surface area contributed by atoms with E-state index in [0.29, 0.717) is 0 Å². The maximum absolute atomic E-state index is 9.96. The van der Waals surface area contributed by atoms with Gasteiger partial charge in [0.15, 0.2) is 0 Å². The van der Waals surface area contributed by atoms with Crippen molar-refractivity contribution < 1.29 is 42.0 Å². The van der Waals surface area contributed by atoms with Crippen LogP contribution in [0.25, 0.3) is 0 Å². The molecule has 0 aliphatic heterocycles. The van der Waals surface area contributed by atoms with Gasteiger partial charge in [0, 0.05) is 49.6 Å². The third-order valence-corrected chi connectivity index (χ3v) is 2.26. The van der Waals surface area contributed by atoms with E-state index in [1.54, 1.807) is 7.05 Å². The van der Waals surface area contributed by atoms with Gasteiger partial charge in [0.1, 0.15) is 5.60 Å². The normalized spacial score (nSPS) is 16.6. The van der Waals surface area contributed by atoms with Crippen molar-refractivity contribution in [2.45, 2.75) is 45.6 Å². The van der Waals surface area contributed by atoms with E-state index < -0.39 is 5.60 Å². The van der Waals surface area contributed by atoms with Crippen molar-refractivity contribution in [2.75, 3.05) is 7.05 Å². The summed E-state index contributed by atoms with van der Waals surface area (Å²) in [4.78, 5) is 4.02. The van der Waals surface area contributed by atoms with Gasteiger partial charge in [0.05, 0.1) is 0 Å². The van der Waals surface area contributed by atoms with Crippen molar-refractivity contribution in [3.63, 3.8) is 0 Å². The summed E-state index contributed by atoms with van der Waals surface area (Å²) in [6, 6.07) is 0. The van der Waals surface area contributed by atoms with Crippen molar-refractivity contribution in [3.8, 4) is 0 Å². The van der Waals surface area contributed by atoms with E-state index in [2.05, 4.69) is 11.9 Å². The molecule has 12 heavy (non-hydrogen) atoms. The van der Waals surface area contributed by atoms with Crippen LogP contribution in [0.3, 0.4) is 0 Å². The van der Waals surface area contributed by atoms with Crippen LogP contribution in [0, 0.1) is 36.9 Å². The van der Waals surface area contributed by atoms with Crippen molar-refractivity contribution >= 4 is 5.71 Å². The molecule has 1 radical (unpaired) electrons. The molecular formula is C9H19LuNO. The number of hydrogen-bond donors (Lipinski definition) is 1. The van der Waals surface area contributed by atoms with E-state index >= 15 is 0 Å². The van der Waals surface area contributed by atoms with Crippen LogP contribution in [0.4, 0.5) is 0 Å². The van der Waals surface area contributed by atoms with Gasteiger partial charge in [-0.25, -0.2) is 0 Å². The molecule has 0 aliphatic carbocycles. The van der Waals surface area contributed by atoms with E-state index in [1.165, 1.54) is 0 Å². The van der Waals surface area contributed by atoms with E-state index in [0.717, 1.165) is 25.0 Å². The van der Waals surface area contributed by atoms with Crippen LogP contribution in [0.5, 0.6) is 0 Å². The van der Waals surface area contributed by atoms with Crippen molar-refractivity contribution in [2.24, 2.45) is 4.99 Å². The largest absolute Gasteiger partial charge is 0.384 e. The maximum atomic E-state index is 9.96. The zero-order valence-electron chi connectivity index (χ0n) is 8.27. The standard InChI is InChI=1S/C9H19NO.Lu/c1-5-7-9(11,6-2)8(3)10-4;/h11H,5-7H2,1-4H3;. The number of hydrogen-bond acceptors (Lipinski definition) is 2. The predicted octanol–water partition coefficient (Wildman–Crippen LogP) is 2.02. The molecule has 0 saturated carbocycles. The summed E-state index contributed by atoms with van der Waals surface area (Å²) >= 11 is 0. The van der Waals surface area contributed by atoms with E-state index in [9.17, 15) is 5.11 Å². The Morgan fingerprint density at radius 2 is 1.92 bits per heavy atom. The van der Waals surface area contributed by atoms with Gasteiger partial charge in [0.2, 0.25) is 0 Å². The van der Waals surface area contributed by atoms with Crippen LogP contribution in [0.2, 0.25) is 0 Å². The van der Waals surface area contributed by atoms with Gasteiger partial charge in [-0.15, -0.1) is 0 Å². The SMILES string of the molecule is CCCC(O)(CC)C(C)=NC.[Lu]. The zero-order valence-corrected chi connectivity index (χ0v) is 9.93. The first-order valence-corrected chi connectivity index (χ1v) is 4.27. The van der Waals surface area contributed by atoms with Gasteiger partial charge >= 0.3 is 0 Å². The average Bonchev–Trinajstić information content (AvgIpc) is 2.03. The van der Waals surface area contributed by atoms with Crippen molar-refractivity contribution in [3.05, 3.63) is 0 Å². The van der Waals surface area contributed by atoms with Crippen LogP contribution in [-0.4, -0.2) is 23.5 Å². The van der Waals surface area contributed by atoms with Gasteiger partial charge < -0.3 is 5.11 Å². The molecule has 0 aromatic rings. The smallest absolute Gasteiger partial charge is 0.102 e. The number of rotatable bonds is 4. The first kappa shape index (κ1) is 15.3. The molecule has 3 heteroatoms. The van der Waals surface area contributed by atoms with E-state index in [4.69, 9.17) is 0 Å². The molecule has 0 amide bonds. The monoisotopic (exact) mass is 332 g/mol. The molecule has 0 aromatic heterocycles. The Morgan fingerprint density at radius 3 is 2.17 bits per heavy atom. The molecule has 0 bridgehead atoms. The Bertz CT molecular complexity index is 147. The van der Waals surface area contributed by atoms with Crippen LogP contribution in [0.1, 0.15) is 40.0 Å². The first-order valence-electron chi connectivity index (χ1n) is 4.27. The van der Waals surface area contributed by atoms with Gasteiger partial charge in [0.25, 0.3) is 0 Å². The molecule has 0 rings (SSSR count). The fourth-order valence-corrected chi connectivity index (χ4v) is 1.24. The molecule has 1 atom stereocenters. The summed E-state index contributed by atoms with van der Waals surface area (Å²) in [6.45, 7) is 5.95. The topological polar surface area (TPSA) is 32.6 Å². The Labute approximate surface area is 105 Å². The summed E-state index contributed by atoms with van der Waals surface area (Å²) in [5.41, 5.74) is 0.200. The van der Waals surface area contributed by atoms with E-state index in [-0.39, 0.29) is 36.9 Å². The maximum Gasteiger partial charge on any atom is 0.102 e. The molecule has 0 fully saturated rings. The van der Waals surface area contributed by atoms with Gasteiger partial charge in [-0.05, 0) is 19.8 Å². The third-order valence-electron chi connectivity index (χ3n) is 2.26. The Kier molecular flexibility index (Phi) is 9.31. The minimum absolute atomic E-state index is 0. The fraction of sp³-hybridized carbons (Fsp3) is 0.889. The van der Waals surface area contributed by atoms with Crippen molar-refractivity contribution in [1.29, 1.82) is 0 Å². The van der Waals surface area contributed by atoms with Crippen LogP contribution >= 0.6 is 0 Å². The van der Waals surface area contributed by atoms with Crippen LogP contribution in [0.15, 0.2) is 4.99 Å². The van der Waals surface area contributed by atoms with Crippen LogP contribution in [-0.2, 0) is 0 Å². The fourth-order valence-electron chi connectivity index (χ4n) is 1.24. The van der Waals surface area contributed by atoms with Crippen LogP contribution < -0.4 is 0 Å². The summed E-state index contributed by atoms with van der Waals surface area (Å²) in [6.07, 6.45) is 2.56. The molecule has 0 spiro atoms. The quantitative estimate of drug-likeness (QED) is 0.785. The third kappa shape index (κ3) is 4.20. The number of aliphatic hydroxyl groups is 1. The van der Waals surface area contributed by atoms with Crippen molar-refractivity contribution in [1.82, 2.24) is 0 Å². The Morgan fingerprint density at radius 1 is 1.42 bits per heavy atom. The zero-order chi connectivity index (χ0) is 8.91. The summed E-state index contributed by atoms with van der Waals surface area (Å²) in [7, 11) is 1.73. The second-order valence-corrected chi connectivity index (χ2v) is 2.94. The van der Waals surface area contributed by atoms with Gasteiger partial charge in [-0.3, -0.25) is 4.99 Å². The molecule has 0 heterocycles. The van der Waals surface area contributed by atoms with Gasteiger partial charge in [-0.1, -0.05) is 20.3 Å². The molecule has 2 nitrogen and oxygen atoms in total. The second kappa shape index (κ2) is 7.28. The Hall–Kier alpha value is 0.864. The number of aliphatic imine (C=N–C) groups is 1. The molecule has 0 aliphatic rings. The first-order chi connectivity index (χ1) is 5.10. The minimum atomic E-state index is -0.649. The minimum Gasteiger partial charge on any atom is -0.384 e. The molecular weight excluding hydrogens is 313 g/mol. The summed E-state index contributed by atoms with van der Waals surface area (Å²) in [5.74, 6) is 0.